The number of carbonyl (C=O) groups is 1. The number of rotatable bonds is 7. The van der Waals surface area contributed by atoms with Gasteiger partial charge in [-0.05, 0) is 24.3 Å². The molecule has 0 bridgehead atoms. The molecule has 0 aliphatic heterocycles. The minimum atomic E-state index is -0.447. The molecule has 3 rings (SSSR count). The fraction of sp³-hybridized carbons (Fsp3) is 0.200. The molecular formula is C20H19ClFN3O4. The van der Waals surface area contributed by atoms with E-state index in [1.807, 2.05) is 0 Å². The van der Waals surface area contributed by atoms with E-state index in [1.165, 1.54) is 38.1 Å². The lowest BCUT2D eigenvalue weighted by Gasteiger charge is -2.15. The second-order valence-electron chi connectivity index (χ2n) is 5.93. The van der Waals surface area contributed by atoms with Crippen LogP contribution in [0.25, 0.3) is 0 Å². The average Bonchev–Trinajstić information content (AvgIpc) is 3.16. The number of hydrogen-bond donors (Lipinski definition) is 1. The Morgan fingerprint density at radius 2 is 1.86 bits per heavy atom. The van der Waals surface area contributed by atoms with Gasteiger partial charge in [-0.3, -0.25) is 9.48 Å². The van der Waals surface area contributed by atoms with Crippen LogP contribution >= 0.6 is 11.6 Å². The quantitative estimate of drug-likeness (QED) is 0.626. The maximum absolute atomic E-state index is 14.0. The fourth-order valence-electron chi connectivity index (χ4n) is 2.83. The average molecular weight is 420 g/mol. The largest absolute Gasteiger partial charge is 0.493 e. The topological polar surface area (TPSA) is 74.6 Å². The zero-order valence-electron chi connectivity index (χ0n) is 16.0. The first kappa shape index (κ1) is 20.5. The lowest BCUT2D eigenvalue weighted by Crippen LogP contribution is -2.15. The molecule has 0 radical (unpaired) electrons. The Balaban J connectivity index is 1.81. The van der Waals surface area contributed by atoms with E-state index in [-0.39, 0.29) is 17.9 Å². The summed E-state index contributed by atoms with van der Waals surface area (Å²) in [5, 5.41) is 7.24. The Morgan fingerprint density at radius 3 is 2.52 bits per heavy atom. The molecule has 0 aliphatic rings. The molecule has 0 unspecified atom stereocenters. The van der Waals surface area contributed by atoms with E-state index >= 15 is 0 Å². The van der Waals surface area contributed by atoms with Crippen molar-refractivity contribution in [2.75, 3.05) is 26.6 Å². The number of hydrogen-bond acceptors (Lipinski definition) is 5. The number of nitrogens with zero attached hydrogens (tertiary/aromatic N) is 2. The lowest BCUT2D eigenvalue weighted by molar-refractivity contribution is 0.102. The van der Waals surface area contributed by atoms with E-state index in [0.717, 1.165) is 0 Å². The van der Waals surface area contributed by atoms with Crippen LogP contribution in [0.5, 0.6) is 17.2 Å². The summed E-state index contributed by atoms with van der Waals surface area (Å²) in [7, 11) is 4.38. The minimum Gasteiger partial charge on any atom is -0.493 e. The highest BCUT2D eigenvalue weighted by Gasteiger charge is 2.21. The SMILES string of the molecule is COc1ccc(C(=O)Nc2ccn(Cc3c(F)cccc3Cl)n2)c(OC)c1OC. The molecule has 3 aromatic rings. The summed E-state index contributed by atoms with van der Waals surface area (Å²) in [5.41, 5.74) is 0.563. The first-order valence-corrected chi connectivity index (χ1v) is 8.93. The third kappa shape index (κ3) is 4.27. The molecule has 2 aromatic carbocycles. The molecule has 0 aliphatic carbocycles. The number of carbonyl (C=O) groups excluding carboxylic acids is 1. The van der Waals surface area contributed by atoms with E-state index in [2.05, 4.69) is 10.4 Å². The Kier molecular flexibility index (Phi) is 6.23. The number of aromatic nitrogens is 2. The van der Waals surface area contributed by atoms with Crippen LogP contribution in [0.15, 0.2) is 42.6 Å². The Bertz CT molecular complexity index is 1020. The van der Waals surface area contributed by atoms with Gasteiger partial charge >= 0.3 is 0 Å². The molecule has 9 heteroatoms. The van der Waals surface area contributed by atoms with E-state index in [9.17, 15) is 9.18 Å². The van der Waals surface area contributed by atoms with Crippen LogP contribution < -0.4 is 19.5 Å². The highest BCUT2D eigenvalue weighted by molar-refractivity contribution is 6.31. The van der Waals surface area contributed by atoms with E-state index in [1.54, 1.807) is 30.5 Å². The molecule has 7 nitrogen and oxygen atoms in total. The molecule has 152 valence electrons. The molecule has 0 fully saturated rings. The van der Waals surface area contributed by atoms with Crippen LogP contribution in [0.3, 0.4) is 0 Å². The molecule has 29 heavy (non-hydrogen) atoms. The van der Waals surface area contributed by atoms with Crippen LogP contribution in [0.2, 0.25) is 5.02 Å². The summed E-state index contributed by atoms with van der Waals surface area (Å²) in [6.07, 6.45) is 1.62. The highest BCUT2D eigenvalue weighted by Crippen LogP contribution is 2.39. The zero-order valence-corrected chi connectivity index (χ0v) is 16.8. The van der Waals surface area contributed by atoms with Gasteiger partial charge in [-0.25, -0.2) is 4.39 Å². The third-order valence-corrected chi connectivity index (χ3v) is 4.57. The van der Waals surface area contributed by atoms with Gasteiger partial charge in [-0.15, -0.1) is 0 Å². The first-order chi connectivity index (χ1) is 14.0. The first-order valence-electron chi connectivity index (χ1n) is 8.55. The molecular weight excluding hydrogens is 401 g/mol. The normalized spacial score (nSPS) is 10.5. The predicted octanol–water partition coefficient (Wildman–Crippen LogP) is 4.00. The van der Waals surface area contributed by atoms with Crippen molar-refractivity contribution in [3.8, 4) is 17.2 Å². The van der Waals surface area contributed by atoms with Crippen LogP contribution in [0, 0.1) is 5.82 Å². The van der Waals surface area contributed by atoms with Gasteiger partial charge in [0.25, 0.3) is 5.91 Å². The van der Waals surface area contributed by atoms with E-state index in [4.69, 9.17) is 25.8 Å². The van der Waals surface area contributed by atoms with Crippen LogP contribution in [-0.4, -0.2) is 37.0 Å². The van der Waals surface area contributed by atoms with Gasteiger partial charge < -0.3 is 19.5 Å². The maximum Gasteiger partial charge on any atom is 0.260 e. The highest BCUT2D eigenvalue weighted by atomic mass is 35.5. The standard InChI is InChI=1S/C20H19ClFN3O4/c1-27-16-8-7-12(18(28-2)19(16)29-3)20(26)23-17-9-10-25(24-17)11-13-14(21)5-4-6-15(13)22/h4-10H,11H2,1-3H3,(H,23,24,26). The summed E-state index contributed by atoms with van der Waals surface area (Å²) in [6, 6.07) is 9.24. The van der Waals surface area contributed by atoms with Crippen molar-refractivity contribution < 1.29 is 23.4 Å². The van der Waals surface area contributed by atoms with E-state index < -0.39 is 11.7 Å². The van der Waals surface area contributed by atoms with Crippen molar-refractivity contribution in [3.05, 3.63) is 64.6 Å². The second-order valence-corrected chi connectivity index (χ2v) is 6.34. The molecule has 0 spiro atoms. The third-order valence-electron chi connectivity index (χ3n) is 4.21. The van der Waals surface area contributed by atoms with Crippen molar-refractivity contribution in [1.29, 1.82) is 0 Å². The van der Waals surface area contributed by atoms with Crippen LogP contribution in [-0.2, 0) is 6.54 Å². The summed E-state index contributed by atoms with van der Waals surface area (Å²) in [5.74, 6) is 0.404. The Morgan fingerprint density at radius 1 is 1.10 bits per heavy atom. The van der Waals surface area contributed by atoms with Crippen LogP contribution in [0.4, 0.5) is 10.2 Å². The monoisotopic (exact) mass is 419 g/mol. The van der Waals surface area contributed by atoms with Gasteiger partial charge in [0.1, 0.15) is 5.82 Å². The summed E-state index contributed by atoms with van der Waals surface area (Å²) < 4.78 is 31.3. The predicted molar refractivity (Wildman–Crippen MR) is 107 cm³/mol. The number of halogens is 2. The molecule has 1 aromatic heterocycles. The molecule has 1 heterocycles. The maximum atomic E-state index is 14.0. The van der Waals surface area contributed by atoms with Gasteiger partial charge in [0, 0.05) is 22.8 Å². The minimum absolute atomic E-state index is 0.126. The second kappa shape index (κ2) is 8.83. The summed E-state index contributed by atoms with van der Waals surface area (Å²) in [6.45, 7) is 0.126. The Labute approximate surface area is 171 Å². The number of benzene rings is 2. The molecule has 0 saturated carbocycles. The number of methoxy groups -OCH3 is 3. The van der Waals surface area contributed by atoms with Gasteiger partial charge in [0.15, 0.2) is 17.3 Å². The van der Waals surface area contributed by atoms with Gasteiger partial charge in [-0.1, -0.05) is 17.7 Å². The molecule has 0 atom stereocenters. The molecule has 1 amide bonds. The summed E-state index contributed by atoms with van der Waals surface area (Å²) in [4.78, 5) is 12.7. The lowest BCUT2D eigenvalue weighted by atomic mass is 10.1. The van der Waals surface area contributed by atoms with Gasteiger partial charge in [0.2, 0.25) is 5.75 Å². The number of ether oxygens (including phenoxy) is 3. The number of anilines is 1. The summed E-state index contributed by atoms with van der Waals surface area (Å²) >= 11 is 6.05. The van der Waals surface area contributed by atoms with Crippen molar-refractivity contribution in [2.24, 2.45) is 0 Å². The van der Waals surface area contributed by atoms with Crippen molar-refractivity contribution in [3.63, 3.8) is 0 Å². The van der Waals surface area contributed by atoms with Crippen molar-refractivity contribution in [1.82, 2.24) is 9.78 Å². The van der Waals surface area contributed by atoms with Gasteiger partial charge in [0.05, 0.1) is 33.4 Å². The number of amides is 1. The van der Waals surface area contributed by atoms with E-state index in [0.29, 0.717) is 27.9 Å². The number of nitrogens with one attached hydrogen (secondary N) is 1. The Hall–Kier alpha value is -3.26. The fourth-order valence-corrected chi connectivity index (χ4v) is 3.05. The smallest absolute Gasteiger partial charge is 0.260 e. The van der Waals surface area contributed by atoms with Crippen molar-refractivity contribution >= 4 is 23.3 Å². The molecule has 1 N–H and O–H groups in total. The molecule has 0 saturated heterocycles. The zero-order chi connectivity index (χ0) is 21.0. The van der Waals surface area contributed by atoms with Crippen LogP contribution in [0.1, 0.15) is 15.9 Å². The van der Waals surface area contributed by atoms with Gasteiger partial charge in [-0.2, -0.15) is 5.10 Å². The van der Waals surface area contributed by atoms with Crippen molar-refractivity contribution in [2.45, 2.75) is 6.54 Å².